The van der Waals surface area contributed by atoms with Gasteiger partial charge in [-0.15, -0.1) is 0 Å². The first-order valence-corrected chi connectivity index (χ1v) is 8.45. The Bertz CT molecular complexity index is 986. The van der Waals surface area contributed by atoms with Gasteiger partial charge in [0.05, 0.1) is 16.9 Å². The number of hydrogen-bond donors (Lipinski definition) is 2. The van der Waals surface area contributed by atoms with Gasteiger partial charge in [0.2, 0.25) is 0 Å². The number of amides is 1. The molecule has 1 amide bonds. The minimum Gasteiger partial charge on any atom is -0.491 e. The summed E-state index contributed by atoms with van der Waals surface area (Å²) in [4.78, 5) is 36.8. The van der Waals surface area contributed by atoms with Crippen LogP contribution in [0.4, 0.5) is 5.69 Å². The molecule has 0 spiro atoms. The first-order chi connectivity index (χ1) is 13.5. The van der Waals surface area contributed by atoms with Gasteiger partial charge in [0.25, 0.3) is 5.91 Å². The summed E-state index contributed by atoms with van der Waals surface area (Å²) in [5, 5.41) is 3.69. The van der Waals surface area contributed by atoms with E-state index in [-0.39, 0.29) is 18.1 Å². The lowest BCUT2D eigenvalue weighted by Crippen LogP contribution is -2.36. The van der Waals surface area contributed by atoms with Gasteiger partial charge in [0.15, 0.2) is 0 Å². The van der Waals surface area contributed by atoms with Crippen molar-refractivity contribution in [2.75, 3.05) is 12.3 Å². The van der Waals surface area contributed by atoms with E-state index in [2.05, 4.69) is 15.3 Å². The fourth-order valence-corrected chi connectivity index (χ4v) is 2.61. The lowest BCUT2D eigenvalue weighted by atomic mass is 10.1. The standard InChI is InChI=1S/C19H20N4O2.CO2/c1-12-10-15(20)18-16(22-12)4-3-5-17(18)25-11-13(2)23-19(24)14-6-8-21-9-7-14;2-1-3/h3-10,13H,11H2,1-2H3,(H2,20,22)(H,23,24);/t13-;/m0./s1. The van der Waals surface area contributed by atoms with Gasteiger partial charge in [0, 0.05) is 29.3 Å². The monoisotopic (exact) mass is 380 g/mol. The minimum absolute atomic E-state index is 0.159. The molecule has 0 saturated heterocycles. The van der Waals surface area contributed by atoms with E-state index in [1.54, 1.807) is 24.5 Å². The van der Waals surface area contributed by atoms with Crippen molar-refractivity contribution in [1.29, 1.82) is 0 Å². The molecule has 8 heteroatoms. The number of hydrogen-bond acceptors (Lipinski definition) is 7. The van der Waals surface area contributed by atoms with E-state index in [1.165, 1.54) is 0 Å². The van der Waals surface area contributed by atoms with Crippen LogP contribution >= 0.6 is 0 Å². The number of ether oxygens (including phenoxy) is 1. The fraction of sp³-hybridized carbons (Fsp3) is 0.200. The Morgan fingerprint density at radius 1 is 1.25 bits per heavy atom. The normalized spacial score (nSPS) is 10.9. The van der Waals surface area contributed by atoms with Gasteiger partial charge in [0.1, 0.15) is 12.4 Å². The molecule has 0 bridgehead atoms. The number of nitrogens with zero attached hydrogens (tertiary/aromatic N) is 2. The number of nitrogens with two attached hydrogens (primary N) is 1. The Hall–Kier alpha value is -3.77. The van der Waals surface area contributed by atoms with Crippen LogP contribution < -0.4 is 15.8 Å². The number of pyridine rings is 2. The van der Waals surface area contributed by atoms with E-state index >= 15 is 0 Å². The van der Waals surface area contributed by atoms with Crippen molar-refractivity contribution in [1.82, 2.24) is 15.3 Å². The third-order valence-electron chi connectivity index (χ3n) is 3.76. The van der Waals surface area contributed by atoms with Crippen LogP contribution in [0.25, 0.3) is 10.9 Å². The van der Waals surface area contributed by atoms with Crippen LogP contribution in [0.1, 0.15) is 23.0 Å². The Morgan fingerprint density at radius 3 is 2.61 bits per heavy atom. The van der Waals surface area contributed by atoms with E-state index < -0.39 is 0 Å². The zero-order valence-corrected chi connectivity index (χ0v) is 15.5. The SMILES string of the molecule is Cc1cc(N)c2c(OC[C@H](C)NC(=O)c3ccncc3)cccc2n1.O=C=O. The van der Waals surface area contributed by atoms with Crippen LogP contribution in [-0.2, 0) is 9.59 Å². The van der Waals surface area contributed by atoms with Crippen molar-refractivity contribution in [3.05, 3.63) is 60.0 Å². The highest BCUT2D eigenvalue weighted by Crippen LogP contribution is 2.30. The zero-order chi connectivity index (χ0) is 20.5. The minimum atomic E-state index is -0.171. The van der Waals surface area contributed by atoms with Gasteiger partial charge < -0.3 is 15.8 Å². The second kappa shape index (κ2) is 9.80. The van der Waals surface area contributed by atoms with Crippen LogP contribution in [0.2, 0.25) is 0 Å². The Labute approximate surface area is 161 Å². The highest BCUT2D eigenvalue weighted by atomic mass is 16.5. The fourth-order valence-electron chi connectivity index (χ4n) is 2.61. The zero-order valence-electron chi connectivity index (χ0n) is 15.5. The van der Waals surface area contributed by atoms with Gasteiger partial charge in [-0.3, -0.25) is 14.8 Å². The summed E-state index contributed by atoms with van der Waals surface area (Å²) in [5.41, 5.74) is 8.98. The van der Waals surface area contributed by atoms with E-state index in [1.807, 2.05) is 38.1 Å². The summed E-state index contributed by atoms with van der Waals surface area (Å²) < 4.78 is 5.89. The topological polar surface area (TPSA) is 124 Å². The number of benzene rings is 1. The predicted molar refractivity (Wildman–Crippen MR) is 103 cm³/mol. The van der Waals surface area contributed by atoms with E-state index in [4.69, 9.17) is 20.1 Å². The number of carbonyl (C=O) groups is 1. The summed E-state index contributed by atoms with van der Waals surface area (Å²) in [6.07, 6.45) is 3.42. The molecule has 0 radical (unpaired) electrons. The first-order valence-electron chi connectivity index (χ1n) is 8.45. The molecule has 0 saturated carbocycles. The van der Waals surface area contributed by atoms with Gasteiger partial charge >= 0.3 is 6.15 Å². The van der Waals surface area contributed by atoms with Crippen LogP contribution in [0.3, 0.4) is 0 Å². The summed E-state index contributed by atoms with van der Waals surface area (Å²) in [5.74, 6) is 0.501. The molecule has 2 aromatic heterocycles. The third-order valence-corrected chi connectivity index (χ3v) is 3.76. The largest absolute Gasteiger partial charge is 0.491 e. The van der Waals surface area contributed by atoms with Gasteiger partial charge in [-0.1, -0.05) is 6.07 Å². The maximum absolute atomic E-state index is 12.1. The number of nitrogen functional groups attached to an aromatic ring is 1. The van der Waals surface area contributed by atoms with Crippen molar-refractivity contribution < 1.29 is 19.1 Å². The second-order valence-corrected chi connectivity index (χ2v) is 6.01. The molecule has 3 N–H and O–H groups in total. The van der Waals surface area contributed by atoms with Gasteiger partial charge in [-0.25, -0.2) is 0 Å². The van der Waals surface area contributed by atoms with Crippen LogP contribution in [0.15, 0.2) is 48.8 Å². The number of rotatable bonds is 5. The number of nitrogens with one attached hydrogen (secondary N) is 1. The van der Waals surface area contributed by atoms with E-state index in [0.29, 0.717) is 23.6 Å². The predicted octanol–water partition coefficient (Wildman–Crippen LogP) is 2.13. The molecule has 0 unspecified atom stereocenters. The highest BCUT2D eigenvalue weighted by Gasteiger charge is 2.12. The molecule has 0 aliphatic rings. The third kappa shape index (κ3) is 5.36. The molecular weight excluding hydrogens is 360 g/mol. The molecule has 28 heavy (non-hydrogen) atoms. The molecule has 8 nitrogen and oxygen atoms in total. The van der Waals surface area contributed by atoms with Crippen molar-refractivity contribution in [2.45, 2.75) is 19.9 Å². The Morgan fingerprint density at radius 2 is 1.93 bits per heavy atom. The second-order valence-electron chi connectivity index (χ2n) is 6.01. The van der Waals surface area contributed by atoms with E-state index in [0.717, 1.165) is 16.6 Å². The van der Waals surface area contributed by atoms with Gasteiger partial charge in [-0.2, -0.15) is 9.59 Å². The summed E-state index contributed by atoms with van der Waals surface area (Å²) in [7, 11) is 0. The van der Waals surface area contributed by atoms with Crippen molar-refractivity contribution in [3.63, 3.8) is 0 Å². The van der Waals surface area contributed by atoms with Crippen molar-refractivity contribution in [3.8, 4) is 5.75 Å². The lowest BCUT2D eigenvalue weighted by Gasteiger charge is -2.16. The summed E-state index contributed by atoms with van der Waals surface area (Å²) >= 11 is 0. The average Bonchev–Trinajstić information content (AvgIpc) is 2.67. The number of anilines is 1. The number of aromatic nitrogens is 2. The number of fused-ring (bicyclic) bond motifs is 1. The molecule has 0 aliphatic carbocycles. The quantitative estimate of drug-likeness (QED) is 0.695. The highest BCUT2D eigenvalue weighted by molar-refractivity contribution is 5.95. The Balaban J connectivity index is 0.000000878. The van der Waals surface area contributed by atoms with Crippen molar-refractivity contribution in [2.24, 2.45) is 0 Å². The number of aryl methyl sites for hydroxylation is 1. The first kappa shape index (κ1) is 20.5. The summed E-state index contributed by atoms with van der Waals surface area (Å²) in [6, 6.07) is 10.6. The number of carbonyl (C=O) groups excluding carboxylic acids is 3. The Kier molecular flexibility index (Phi) is 7.19. The molecule has 0 fully saturated rings. The maximum atomic E-state index is 12.1. The molecule has 144 valence electrons. The molecule has 2 heterocycles. The van der Waals surface area contributed by atoms with Crippen LogP contribution in [-0.4, -0.2) is 34.7 Å². The molecule has 3 aromatic rings. The molecule has 1 atom stereocenters. The van der Waals surface area contributed by atoms with Crippen LogP contribution in [0, 0.1) is 6.92 Å². The van der Waals surface area contributed by atoms with E-state index in [9.17, 15) is 4.79 Å². The van der Waals surface area contributed by atoms with Crippen LogP contribution in [0.5, 0.6) is 5.75 Å². The maximum Gasteiger partial charge on any atom is 0.373 e. The van der Waals surface area contributed by atoms with Crippen molar-refractivity contribution >= 4 is 28.6 Å². The average molecular weight is 380 g/mol. The smallest absolute Gasteiger partial charge is 0.373 e. The lowest BCUT2D eigenvalue weighted by molar-refractivity contribution is -0.191. The molecular formula is C20H20N4O4. The summed E-state index contributed by atoms with van der Waals surface area (Å²) in [6.45, 7) is 4.11. The van der Waals surface area contributed by atoms with Gasteiger partial charge in [-0.05, 0) is 44.2 Å². The molecule has 3 rings (SSSR count). The molecule has 0 aliphatic heterocycles. The molecule has 1 aromatic carbocycles.